The van der Waals surface area contributed by atoms with Crippen molar-refractivity contribution < 1.29 is 23.5 Å². The van der Waals surface area contributed by atoms with Gasteiger partial charge in [0.15, 0.2) is 0 Å². The van der Waals surface area contributed by atoms with Gasteiger partial charge in [-0.1, -0.05) is 24.3 Å². The van der Waals surface area contributed by atoms with Crippen LogP contribution in [0, 0.1) is 17.6 Å². The van der Waals surface area contributed by atoms with E-state index < -0.39 is 17.0 Å². The summed E-state index contributed by atoms with van der Waals surface area (Å²) >= 11 is 0. The first kappa shape index (κ1) is 23.5. The van der Waals surface area contributed by atoms with Crippen LogP contribution in [0.25, 0.3) is 21.9 Å². The van der Waals surface area contributed by atoms with Crippen molar-refractivity contribution in [1.82, 2.24) is 9.80 Å². The zero-order valence-electron chi connectivity index (χ0n) is 20.8. The second kappa shape index (κ2) is 8.17. The molecule has 2 heterocycles. The Kier molecular flexibility index (Phi) is 5.05. The number of hydrogen-bond donors (Lipinski definition) is 1. The Morgan fingerprint density at radius 3 is 2.42 bits per heavy atom. The minimum Gasteiger partial charge on any atom is -0.380 e. The number of nitrogens with zero attached hydrogens (tertiary/aromatic N) is 3. The molecule has 1 spiro atoms. The van der Waals surface area contributed by atoms with Crippen molar-refractivity contribution in [1.29, 1.82) is 0 Å². The fourth-order valence-corrected chi connectivity index (χ4v) is 5.80. The minimum absolute atomic E-state index is 0.0362. The van der Waals surface area contributed by atoms with Crippen LogP contribution in [0.4, 0.5) is 8.78 Å². The number of amides is 2. The van der Waals surface area contributed by atoms with Gasteiger partial charge in [0.1, 0.15) is 28.6 Å². The van der Waals surface area contributed by atoms with Crippen LogP contribution < -0.4 is 0 Å². The molecule has 38 heavy (non-hydrogen) atoms. The molecule has 4 aliphatic rings. The highest BCUT2D eigenvalue weighted by Crippen LogP contribution is 2.47. The maximum Gasteiger partial charge on any atom is 0.256 e. The van der Waals surface area contributed by atoms with E-state index in [1.807, 2.05) is 24.3 Å². The van der Waals surface area contributed by atoms with Crippen LogP contribution in [0.3, 0.4) is 0 Å². The first-order valence-electron chi connectivity index (χ1n) is 13.2. The fraction of sp³-hybridized carbons (Fsp3) is 0.367. The second-order valence-corrected chi connectivity index (χ2v) is 11.2. The van der Waals surface area contributed by atoms with Crippen LogP contribution in [0.1, 0.15) is 37.7 Å². The molecule has 194 valence electrons. The molecule has 2 saturated carbocycles. The van der Waals surface area contributed by atoms with Gasteiger partial charge in [0.2, 0.25) is 0 Å². The zero-order valence-corrected chi connectivity index (χ0v) is 20.8. The maximum absolute atomic E-state index is 15.6. The smallest absolute Gasteiger partial charge is 0.256 e. The highest BCUT2D eigenvalue weighted by atomic mass is 19.1. The first-order valence-corrected chi connectivity index (χ1v) is 13.2. The van der Waals surface area contributed by atoms with Crippen molar-refractivity contribution >= 4 is 28.4 Å². The molecule has 6 nitrogen and oxygen atoms in total. The Morgan fingerprint density at radius 2 is 1.68 bits per heavy atom. The molecule has 0 aromatic heterocycles. The number of rotatable bonds is 5. The van der Waals surface area contributed by atoms with Crippen molar-refractivity contribution in [3.8, 4) is 11.1 Å². The van der Waals surface area contributed by atoms with Crippen molar-refractivity contribution in [2.24, 2.45) is 10.9 Å². The molecule has 2 amide bonds. The fourth-order valence-electron chi connectivity index (χ4n) is 5.80. The van der Waals surface area contributed by atoms with E-state index in [-0.39, 0.29) is 29.1 Å². The standard InChI is InChI=1S/C30H27F2N3O3/c31-23-5-3-20-13-19(1-2-21(20)14-23)22-4-6-24(25(32)15-22)26-33-29(8-9-29)27(36)35(26)17-18-7-12-34(16-18)28(37)30(38)10-11-30/h1-6,13-15,18,38H,7-12,16-17H2. The van der Waals surface area contributed by atoms with Gasteiger partial charge in [-0.05, 0) is 90.3 Å². The SMILES string of the molecule is O=C(N1CCC(CN2C(=O)C3(CC3)N=C2c2ccc(-c3ccc4cc(F)ccc4c3)cc2F)C1)C1(O)CC1. The lowest BCUT2D eigenvalue weighted by Crippen LogP contribution is -2.42. The summed E-state index contributed by atoms with van der Waals surface area (Å²) < 4.78 is 29.1. The lowest BCUT2D eigenvalue weighted by Gasteiger charge is -2.24. The van der Waals surface area contributed by atoms with E-state index in [9.17, 15) is 19.1 Å². The summed E-state index contributed by atoms with van der Waals surface area (Å²) in [6.45, 7) is 1.38. The molecule has 1 N–H and O–H groups in total. The van der Waals surface area contributed by atoms with E-state index in [2.05, 4.69) is 0 Å². The van der Waals surface area contributed by atoms with Gasteiger partial charge in [0, 0.05) is 19.6 Å². The molecule has 8 heteroatoms. The summed E-state index contributed by atoms with van der Waals surface area (Å²) in [5.74, 6) is -0.688. The number of carbonyl (C=O) groups excluding carboxylic acids is 2. The lowest BCUT2D eigenvalue weighted by atomic mass is 9.99. The van der Waals surface area contributed by atoms with Crippen LogP contribution in [0.5, 0.6) is 0 Å². The Morgan fingerprint density at radius 1 is 0.974 bits per heavy atom. The summed E-state index contributed by atoms with van der Waals surface area (Å²) in [5.41, 5.74) is -0.201. The van der Waals surface area contributed by atoms with Gasteiger partial charge in [-0.15, -0.1) is 0 Å². The molecule has 0 bridgehead atoms. The number of carbonyl (C=O) groups is 2. The molecule has 3 aromatic rings. The van der Waals surface area contributed by atoms with Crippen LogP contribution in [0.15, 0.2) is 59.6 Å². The number of aliphatic imine (C=N–C) groups is 1. The first-order chi connectivity index (χ1) is 18.2. The number of amidine groups is 1. The molecule has 3 fully saturated rings. The molecular weight excluding hydrogens is 488 g/mol. The summed E-state index contributed by atoms with van der Waals surface area (Å²) in [5, 5.41) is 11.8. The number of fused-ring (bicyclic) bond motifs is 1. The van der Waals surface area contributed by atoms with Crippen LogP contribution in [-0.2, 0) is 9.59 Å². The quantitative estimate of drug-likeness (QED) is 0.551. The Hall–Kier alpha value is -3.65. The maximum atomic E-state index is 15.6. The summed E-state index contributed by atoms with van der Waals surface area (Å²) in [7, 11) is 0. The normalized spacial score (nSPS) is 22.9. The Balaban J connectivity index is 1.14. The van der Waals surface area contributed by atoms with Crippen molar-refractivity contribution in [2.75, 3.05) is 19.6 Å². The largest absolute Gasteiger partial charge is 0.380 e. The van der Waals surface area contributed by atoms with Gasteiger partial charge in [0.25, 0.3) is 11.8 Å². The van der Waals surface area contributed by atoms with E-state index in [1.165, 1.54) is 18.2 Å². The monoisotopic (exact) mass is 515 g/mol. The molecule has 2 aliphatic carbocycles. The summed E-state index contributed by atoms with van der Waals surface area (Å²) in [6.07, 6.45) is 3.05. The van der Waals surface area contributed by atoms with Gasteiger partial charge in [-0.25, -0.2) is 8.78 Å². The topological polar surface area (TPSA) is 73.2 Å². The van der Waals surface area contributed by atoms with E-state index >= 15 is 4.39 Å². The number of likely N-dealkylation sites (tertiary alicyclic amines) is 1. The lowest BCUT2D eigenvalue weighted by molar-refractivity contribution is -0.141. The number of halogens is 2. The van der Waals surface area contributed by atoms with E-state index in [4.69, 9.17) is 4.99 Å². The van der Waals surface area contributed by atoms with Crippen LogP contribution in [-0.4, -0.2) is 63.3 Å². The predicted molar refractivity (Wildman–Crippen MR) is 138 cm³/mol. The van der Waals surface area contributed by atoms with Gasteiger partial charge in [0.05, 0.1) is 5.56 Å². The predicted octanol–water partition coefficient (Wildman–Crippen LogP) is 4.28. The molecule has 7 rings (SSSR count). The van der Waals surface area contributed by atoms with Gasteiger partial charge < -0.3 is 10.0 Å². The molecule has 1 unspecified atom stereocenters. The highest BCUT2D eigenvalue weighted by Gasteiger charge is 2.58. The molecule has 1 saturated heterocycles. The molecule has 1 atom stereocenters. The second-order valence-electron chi connectivity index (χ2n) is 11.2. The third kappa shape index (κ3) is 3.81. The molecule has 2 aliphatic heterocycles. The highest BCUT2D eigenvalue weighted by molar-refractivity contribution is 6.16. The van der Waals surface area contributed by atoms with Crippen LogP contribution in [0.2, 0.25) is 0 Å². The number of aliphatic hydroxyl groups is 1. The summed E-state index contributed by atoms with van der Waals surface area (Å²) in [6, 6.07) is 15.1. The molecule has 0 radical (unpaired) electrons. The minimum atomic E-state index is -1.20. The summed E-state index contributed by atoms with van der Waals surface area (Å²) in [4.78, 5) is 33.9. The van der Waals surface area contributed by atoms with Crippen LogP contribution >= 0.6 is 0 Å². The third-order valence-corrected chi connectivity index (χ3v) is 8.42. The zero-order chi connectivity index (χ0) is 26.2. The average Bonchev–Trinajstić information content (AvgIpc) is 3.79. The molecular formula is C30H27F2N3O3. The van der Waals surface area contributed by atoms with E-state index in [1.54, 1.807) is 21.9 Å². The van der Waals surface area contributed by atoms with Crippen molar-refractivity contribution in [2.45, 2.75) is 43.2 Å². The Bertz CT molecular complexity index is 1540. The van der Waals surface area contributed by atoms with Gasteiger partial charge in [-0.3, -0.25) is 19.5 Å². The third-order valence-electron chi connectivity index (χ3n) is 8.42. The molecule has 3 aromatic carbocycles. The average molecular weight is 516 g/mol. The number of benzene rings is 3. The van der Waals surface area contributed by atoms with Crippen molar-refractivity contribution in [3.63, 3.8) is 0 Å². The van der Waals surface area contributed by atoms with E-state index in [0.717, 1.165) is 22.8 Å². The number of hydrogen-bond acceptors (Lipinski definition) is 4. The van der Waals surface area contributed by atoms with Crippen molar-refractivity contribution in [3.05, 3.63) is 71.8 Å². The van der Waals surface area contributed by atoms with E-state index in [0.29, 0.717) is 56.7 Å². The van der Waals surface area contributed by atoms with Gasteiger partial charge >= 0.3 is 0 Å². The van der Waals surface area contributed by atoms with Gasteiger partial charge in [-0.2, -0.15) is 0 Å². The Labute approximate surface area is 218 Å².